The van der Waals surface area contributed by atoms with Crippen molar-refractivity contribution in [1.29, 1.82) is 0 Å². The molecule has 0 fully saturated rings. The highest BCUT2D eigenvalue weighted by Crippen LogP contribution is 2.37. The molecule has 154 valence electrons. The summed E-state index contributed by atoms with van der Waals surface area (Å²) in [5.74, 6) is -0.988. The lowest BCUT2D eigenvalue weighted by Crippen LogP contribution is -2.01. The van der Waals surface area contributed by atoms with Gasteiger partial charge in [-0.1, -0.05) is 36.4 Å². The summed E-state index contributed by atoms with van der Waals surface area (Å²) in [7, 11) is 0. The van der Waals surface area contributed by atoms with Crippen LogP contribution >= 0.6 is 31.9 Å². The number of fused-ring (bicyclic) bond motifs is 1. The van der Waals surface area contributed by atoms with Gasteiger partial charge >= 0.3 is 5.97 Å². The number of aromatic carboxylic acids is 1. The molecular weight excluding hydrogens is 528 g/mol. The number of carboxylic acid groups (broad SMARTS) is 1. The monoisotopic (exact) mass is 540 g/mol. The smallest absolute Gasteiger partial charge is 0.335 e. The van der Waals surface area contributed by atoms with E-state index < -0.39 is 5.97 Å². The number of benzene rings is 3. The molecule has 0 aromatic heterocycles. The molecule has 1 aliphatic carbocycles. The van der Waals surface area contributed by atoms with Crippen molar-refractivity contribution in [1.82, 2.24) is 0 Å². The molecule has 0 aliphatic heterocycles. The van der Waals surface area contributed by atoms with Crippen LogP contribution in [0.1, 0.15) is 42.2 Å². The summed E-state index contributed by atoms with van der Waals surface area (Å²) in [4.78, 5) is 36.2. The fourth-order valence-corrected chi connectivity index (χ4v) is 4.72. The normalized spacial score (nSPS) is 12.6. The van der Waals surface area contributed by atoms with E-state index in [-0.39, 0.29) is 29.3 Å². The highest BCUT2D eigenvalue weighted by atomic mass is 79.9. The summed E-state index contributed by atoms with van der Waals surface area (Å²) in [6.07, 6.45) is 1.58. The van der Waals surface area contributed by atoms with Crippen LogP contribution in [0.3, 0.4) is 0 Å². The number of hydrogen-bond donors (Lipinski definition) is 1. The van der Waals surface area contributed by atoms with Crippen molar-refractivity contribution >= 4 is 55.5 Å². The van der Waals surface area contributed by atoms with E-state index in [0.717, 1.165) is 5.56 Å². The summed E-state index contributed by atoms with van der Waals surface area (Å²) in [6.45, 7) is 0.240. The number of ketones is 2. The highest BCUT2D eigenvalue weighted by Gasteiger charge is 2.32. The van der Waals surface area contributed by atoms with Gasteiger partial charge in [-0.3, -0.25) is 9.59 Å². The van der Waals surface area contributed by atoms with Gasteiger partial charge in [-0.2, -0.15) is 0 Å². The van der Waals surface area contributed by atoms with Crippen molar-refractivity contribution in [3.8, 4) is 5.75 Å². The Morgan fingerprint density at radius 3 is 1.97 bits per heavy atom. The van der Waals surface area contributed by atoms with Gasteiger partial charge < -0.3 is 9.84 Å². The summed E-state index contributed by atoms with van der Waals surface area (Å²) < 4.78 is 7.17. The molecule has 5 nitrogen and oxygen atoms in total. The zero-order valence-corrected chi connectivity index (χ0v) is 19.1. The molecule has 31 heavy (non-hydrogen) atoms. The SMILES string of the molecule is O=C(O)c1ccc(COc2c(Br)cc(C=C3C(=O)c4ccccc4C3=O)cc2Br)cc1. The number of hydrogen-bond acceptors (Lipinski definition) is 4. The first-order valence-electron chi connectivity index (χ1n) is 9.19. The highest BCUT2D eigenvalue weighted by molar-refractivity contribution is 9.11. The van der Waals surface area contributed by atoms with E-state index in [1.54, 1.807) is 54.6 Å². The fourth-order valence-electron chi connectivity index (χ4n) is 3.27. The maximum absolute atomic E-state index is 12.6. The minimum Gasteiger partial charge on any atom is -0.487 e. The number of rotatable bonds is 5. The van der Waals surface area contributed by atoms with Gasteiger partial charge in [0.25, 0.3) is 0 Å². The van der Waals surface area contributed by atoms with Crippen molar-refractivity contribution in [2.45, 2.75) is 6.61 Å². The molecule has 0 saturated heterocycles. The van der Waals surface area contributed by atoms with Crippen LogP contribution in [-0.4, -0.2) is 22.6 Å². The molecule has 7 heteroatoms. The Kier molecular flexibility index (Phi) is 5.89. The molecule has 0 unspecified atom stereocenters. The van der Waals surface area contributed by atoms with Gasteiger partial charge in [0, 0.05) is 11.1 Å². The Morgan fingerprint density at radius 2 is 1.45 bits per heavy atom. The van der Waals surface area contributed by atoms with Crippen LogP contribution in [0.4, 0.5) is 0 Å². The molecule has 1 N–H and O–H groups in total. The van der Waals surface area contributed by atoms with Gasteiger partial charge in [0.1, 0.15) is 12.4 Å². The zero-order valence-electron chi connectivity index (χ0n) is 15.9. The van der Waals surface area contributed by atoms with Crippen molar-refractivity contribution in [3.05, 3.63) is 103 Å². The number of Topliss-reactive ketones (excluding diaryl/α,β-unsaturated/α-hetero) is 2. The first kappa shape index (κ1) is 21.2. The van der Waals surface area contributed by atoms with Crippen molar-refractivity contribution in [2.75, 3.05) is 0 Å². The summed E-state index contributed by atoms with van der Waals surface area (Å²) in [5.41, 5.74) is 2.67. The molecule has 3 aromatic rings. The molecular formula is C24H14Br2O5. The molecule has 0 amide bonds. The molecule has 0 bridgehead atoms. The van der Waals surface area contributed by atoms with Gasteiger partial charge in [-0.25, -0.2) is 4.79 Å². The van der Waals surface area contributed by atoms with Crippen molar-refractivity contribution < 1.29 is 24.2 Å². The largest absolute Gasteiger partial charge is 0.487 e. The second-order valence-electron chi connectivity index (χ2n) is 6.87. The third-order valence-corrected chi connectivity index (χ3v) is 6.00. The lowest BCUT2D eigenvalue weighted by atomic mass is 10.1. The van der Waals surface area contributed by atoms with E-state index in [4.69, 9.17) is 9.84 Å². The van der Waals surface area contributed by atoms with Crippen LogP contribution < -0.4 is 4.74 Å². The Balaban J connectivity index is 1.55. The van der Waals surface area contributed by atoms with Crippen LogP contribution in [0.25, 0.3) is 6.08 Å². The maximum Gasteiger partial charge on any atom is 0.335 e. The number of carboxylic acids is 1. The topological polar surface area (TPSA) is 80.7 Å². The summed E-state index contributed by atoms with van der Waals surface area (Å²) in [6, 6.07) is 16.8. The molecule has 0 saturated carbocycles. The Morgan fingerprint density at radius 1 is 0.903 bits per heavy atom. The third kappa shape index (κ3) is 4.24. The Labute approximate surface area is 194 Å². The molecule has 0 radical (unpaired) electrons. The lowest BCUT2D eigenvalue weighted by molar-refractivity contribution is 0.0696. The minimum atomic E-state index is -0.981. The van der Waals surface area contributed by atoms with Crippen LogP contribution in [-0.2, 0) is 6.61 Å². The molecule has 3 aromatic carbocycles. The maximum atomic E-state index is 12.6. The molecule has 0 heterocycles. The number of ether oxygens (including phenoxy) is 1. The number of carbonyl (C=O) groups excluding carboxylic acids is 2. The zero-order chi connectivity index (χ0) is 22.1. The average molecular weight is 542 g/mol. The van der Waals surface area contributed by atoms with Gasteiger partial charge in [-0.05, 0) is 73.3 Å². The Hall–Kier alpha value is -3.03. The first-order chi connectivity index (χ1) is 14.8. The van der Waals surface area contributed by atoms with E-state index >= 15 is 0 Å². The second kappa shape index (κ2) is 8.61. The standard InChI is InChI=1S/C24H14Br2O5/c25-19-10-14(9-18-21(27)16-3-1-2-4-17(16)22(18)28)11-20(26)23(19)31-12-13-5-7-15(8-6-13)24(29)30/h1-11H,12H2,(H,29,30). The van der Waals surface area contributed by atoms with Gasteiger partial charge in [0.15, 0.2) is 11.6 Å². The minimum absolute atomic E-state index is 0.132. The van der Waals surface area contributed by atoms with E-state index in [0.29, 0.717) is 31.4 Å². The Bertz CT molecular complexity index is 1200. The predicted octanol–water partition coefficient (Wildman–Crippen LogP) is 5.95. The van der Waals surface area contributed by atoms with Gasteiger partial charge in [-0.15, -0.1) is 0 Å². The molecule has 0 spiro atoms. The van der Waals surface area contributed by atoms with Crippen molar-refractivity contribution in [3.63, 3.8) is 0 Å². The number of halogens is 2. The van der Waals surface area contributed by atoms with Crippen LogP contribution in [0.15, 0.2) is 75.2 Å². The molecule has 1 aliphatic rings. The third-order valence-electron chi connectivity index (χ3n) is 4.82. The van der Waals surface area contributed by atoms with Gasteiger partial charge in [0.05, 0.1) is 20.1 Å². The number of carbonyl (C=O) groups is 3. The van der Waals surface area contributed by atoms with E-state index in [9.17, 15) is 14.4 Å². The number of allylic oxidation sites excluding steroid dienone is 1. The van der Waals surface area contributed by atoms with E-state index in [2.05, 4.69) is 31.9 Å². The first-order valence-corrected chi connectivity index (χ1v) is 10.8. The predicted molar refractivity (Wildman–Crippen MR) is 123 cm³/mol. The lowest BCUT2D eigenvalue weighted by Gasteiger charge is -2.12. The summed E-state index contributed by atoms with van der Waals surface area (Å²) >= 11 is 6.96. The summed E-state index contributed by atoms with van der Waals surface area (Å²) in [5, 5.41) is 8.98. The van der Waals surface area contributed by atoms with Crippen LogP contribution in [0, 0.1) is 0 Å². The molecule has 4 rings (SSSR count). The van der Waals surface area contributed by atoms with E-state index in [1.165, 1.54) is 12.1 Å². The average Bonchev–Trinajstić information content (AvgIpc) is 2.98. The van der Waals surface area contributed by atoms with E-state index in [1.807, 2.05) is 0 Å². The molecule has 0 atom stereocenters. The van der Waals surface area contributed by atoms with Crippen molar-refractivity contribution in [2.24, 2.45) is 0 Å². The van der Waals surface area contributed by atoms with Crippen LogP contribution in [0.5, 0.6) is 5.75 Å². The van der Waals surface area contributed by atoms with Crippen LogP contribution in [0.2, 0.25) is 0 Å². The van der Waals surface area contributed by atoms with Gasteiger partial charge in [0.2, 0.25) is 0 Å². The quantitative estimate of drug-likeness (QED) is 0.319. The second-order valence-corrected chi connectivity index (χ2v) is 8.57. The fraction of sp³-hybridized carbons (Fsp3) is 0.0417.